The molecule has 6 heteroatoms. The molecule has 5 nitrogen and oxygen atoms in total. The molecule has 0 fully saturated rings. The van der Waals surface area contributed by atoms with Gasteiger partial charge in [0.15, 0.2) is 11.5 Å². The first-order valence-corrected chi connectivity index (χ1v) is 4.44. The van der Waals surface area contributed by atoms with Crippen molar-refractivity contribution in [3.63, 3.8) is 0 Å². The van der Waals surface area contributed by atoms with Crippen molar-refractivity contribution in [3.05, 3.63) is 22.8 Å². The highest BCUT2D eigenvalue weighted by molar-refractivity contribution is 9.10. The maximum Gasteiger partial charge on any atom is 0.179 e. The Morgan fingerprint density at radius 3 is 3.15 bits per heavy atom. The molecule has 0 atom stereocenters. The highest BCUT2D eigenvalue weighted by Crippen LogP contribution is 2.08. The van der Waals surface area contributed by atoms with Gasteiger partial charge in [0.2, 0.25) is 0 Å². The molecule has 0 radical (unpaired) electrons. The monoisotopic (exact) mass is 242 g/mol. The second-order valence-electron chi connectivity index (χ2n) is 2.49. The van der Waals surface area contributed by atoms with Crippen molar-refractivity contribution < 1.29 is 4.74 Å². The Morgan fingerprint density at radius 1 is 1.54 bits per heavy atom. The summed E-state index contributed by atoms with van der Waals surface area (Å²) in [7, 11) is 1.62. The van der Waals surface area contributed by atoms with Crippen molar-refractivity contribution in [2.75, 3.05) is 7.11 Å². The number of hydrogen-bond acceptors (Lipinski definition) is 4. The molecule has 2 rings (SSSR count). The highest BCUT2D eigenvalue weighted by atomic mass is 79.9. The molecule has 2 heterocycles. The van der Waals surface area contributed by atoms with E-state index in [0.29, 0.717) is 6.61 Å². The summed E-state index contributed by atoms with van der Waals surface area (Å²) in [4.78, 5) is 4.03. The average molecular weight is 243 g/mol. The highest BCUT2D eigenvalue weighted by Gasteiger charge is 2.04. The van der Waals surface area contributed by atoms with E-state index in [9.17, 15) is 0 Å². The third kappa shape index (κ3) is 1.54. The molecule has 13 heavy (non-hydrogen) atoms. The lowest BCUT2D eigenvalue weighted by atomic mass is 10.6. The van der Waals surface area contributed by atoms with Crippen molar-refractivity contribution in [2.45, 2.75) is 6.61 Å². The fourth-order valence-corrected chi connectivity index (χ4v) is 1.36. The van der Waals surface area contributed by atoms with Gasteiger partial charge >= 0.3 is 0 Å². The van der Waals surface area contributed by atoms with E-state index >= 15 is 0 Å². The summed E-state index contributed by atoms with van der Waals surface area (Å²) in [5, 5.41) is 7.88. The predicted octanol–water partition coefficient (Wildman–Crippen LogP) is 1.03. The van der Waals surface area contributed by atoms with Crippen LogP contribution in [0.2, 0.25) is 0 Å². The van der Waals surface area contributed by atoms with Gasteiger partial charge in [-0.05, 0) is 15.9 Å². The fourth-order valence-electron chi connectivity index (χ4n) is 1.05. The van der Waals surface area contributed by atoms with E-state index in [1.54, 1.807) is 13.3 Å². The van der Waals surface area contributed by atoms with Crippen molar-refractivity contribution >= 4 is 21.6 Å². The van der Waals surface area contributed by atoms with E-state index in [1.165, 1.54) is 0 Å². The largest absolute Gasteiger partial charge is 0.377 e. The molecule has 0 saturated heterocycles. The van der Waals surface area contributed by atoms with Crippen molar-refractivity contribution in [1.29, 1.82) is 0 Å². The lowest BCUT2D eigenvalue weighted by Crippen LogP contribution is -1.96. The van der Waals surface area contributed by atoms with Crippen LogP contribution in [0.15, 0.2) is 17.0 Å². The minimum absolute atomic E-state index is 0.442. The molecule has 68 valence electrons. The number of hydrogen-bond donors (Lipinski definition) is 0. The summed E-state index contributed by atoms with van der Waals surface area (Å²) >= 11 is 3.27. The van der Waals surface area contributed by atoms with Crippen molar-refractivity contribution in [2.24, 2.45) is 0 Å². The van der Waals surface area contributed by atoms with Crippen LogP contribution in [0.25, 0.3) is 5.65 Å². The standard InChI is InChI=1S/C7H7BrN4O/c1-13-4-7-11-10-6-2-9-5(8)3-12(6)7/h2-3H,4H2,1H3. The molecule has 0 aromatic carbocycles. The van der Waals surface area contributed by atoms with E-state index in [-0.39, 0.29) is 0 Å². The molecule has 2 aromatic heterocycles. The van der Waals surface area contributed by atoms with Gasteiger partial charge in [-0.3, -0.25) is 4.40 Å². The van der Waals surface area contributed by atoms with E-state index in [2.05, 4.69) is 31.1 Å². The lowest BCUT2D eigenvalue weighted by molar-refractivity contribution is 0.177. The predicted molar refractivity (Wildman–Crippen MR) is 49.2 cm³/mol. The second kappa shape index (κ2) is 3.39. The second-order valence-corrected chi connectivity index (χ2v) is 3.30. The average Bonchev–Trinajstić information content (AvgIpc) is 2.49. The quantitative estimate of drug-likeness (QED) is 0.790. The third-order valence-corrected chi connectivity index (χ3v) is 2.01. The number of rotatable bonds is 2. The minimum atomic E-state index is 0.442. The molecule has 0 bridgehead atoms. The molecular weight excluding hydrogens is 236 g/mol. The van der Waals surface area contributed by atoms with Crippen LogP contribution in [-0.4, -0.2) is 26.7 Å². The fraction of sp³-hybridized carbons (Fsp3) is 0.286. The van der Waals surface area contributed by atoms with Gasteiger partial charge in [-0.1, -0.05) is 0 Å². The van der Waals surface area contributed by atoms with Crippen LogP contribution >= 0.6 is 15.9 Å². The zero-order valence-corrected chi connectivity index (χ0v) is 8.52. The molecule has 0 aliphatic carbocycles. The van der Waals surface area contributed by atoms with Crippen LogP contribution in [0.4, 0.5) is 0 Å². The summed E-state index contributed by atoms with van der Waals surface area (Å²) in [6.07, 6.45) is 3.46. The first kappa shape index (κ1) is 8.58. The summed E-state index contributed by atoms with van der Waals surface area (Å²) in [5.41, 5.74) is 0.718. The first-order valence-electron chi connectivity index (χ1n) is 3.65. The zero-order valence-electron chi connectivity index (χ0n) is 6.94. The smallest absolute Gasteiger partial charge is 0.179 e. The van der Waals surface area contributed by atoms with Crippen molar-refractivity contribution in [1.82, 2.24) is 19.6 Å². The first-order chi connectivity index (χ1) is 6.31. The summed E-state index contributed by atoms with van der Waals surface area (Å²) in [5.74, 6) is 0.764. The van der Waals surface area contributed by atoms with Crippen LogP contribution in [0.5, 0.6) is 0 Å². The zero-order chi connectivity index (χ0) is 9.26. The van der Waals surface area contributed by atoms with Gasteiger partial charge in [0, 0.05) is 13.3 Å². The van der Waals surface area contributed by atoms with Crippen LogP contribution < -0.4 is 0 Å². The molecule has 0 saturated carbocycles. The number of fused-ring (bicyclic) bond motifs is 1. The van der Waals surface area contributed by atoms with E-state index in [1.807, 2.05) is 10.6 Å². The number of methoxy groups -OCH3 is 1. The molecule has 0 aliphatic rings. The van der Waals surface area contributed by atoms with Gasteiger partial charge in [0.1, 0.15) is 11.2 Å². The maximum atomic E-state index is 4.98. The molecule has 0 unspecified atom stereocenters. The topological polar surface area (TPSA) is 52.3 Å². The Balaban J connectivity index is 2.58. The number of ether oxygens (including phenoxy) is 1. The van der Waals surface area contributed by atoms with Gasteiger partial charge < -0.3 is 4.74 Å². The molecule has 0 aliphatic heterocycles. The summed E-state index contributed by atoms with van der Waals surface area (Å²) < 4.78 is 7.56. The SMILES string of the molecule is COCc1nnc2cnc(Br)cn12. The van der Waals surface area contributed by atoms with Gasteiger partial charge in [-0.25, -0.2) is 4.98 Å². The number of nitrogens with zero attached hydrogens (tertiary/aromatic N) is 4. The van der Waals surface area contributed by atoms with Crippen LogP contribution in [-0.2, 0) is 11.3 Å². The summed E-state index contributed by atoms with van der Waals surface area (Å²) in [6, 6.07) is 0. The molecular formula is C7H7BrN4O. The molecule has 2 aromatic rings. The number of halogens is 1. The van der Waals surface area contributed by atoms with Gasteiger partial charge in [-0.2, -0.15) is 0 Å². The van der Waals surface area contributed by atoms with E-state index < -0.39 is 0 Å². The van der Waals surface area contributed by atoms with Gasteiger partial charge in [-0.15, -0.1) is 10.2 Å². The normalized spacial score (nSPS) is 10.9. The molecule has 0 spiro atoms. The Bertz CT molecular complexity index is 427. The van der Waals surface area contributed by atoms with E-state index in [0.717, 1.165) is 16.1 Å². The van der Waals surface area contributed by atoms with Gasteiger partial charge in [0.25, 0.3) is 0 Å². The third-order valence-electron chi connectivity index (χ3n) is 1.61. The van der Waals surface area contributed by atoms with Gasteiger partial charge in [0.05, 0.1) is 6.20 Å². The minimum Gasteiger partial charge on any atom is -0.377 e. The van der Waals surface area contributed by atoms with E-state index in [4.69, 9.17) is 4.74 Å². The number of aromatic nitrogens is 4. The molecule has 0 amide bonds. The maximum absolute atomic E-state index is 4.98. The van der Waals surface area contributed by atoms with Crippen molar-refractivity contribution in [3.8, 4) is 0 Å². The van der Waals surface area contributed by atoms with Crippen LogP contribution in [0.1, 0.15) is 5.82 Å². The Labute approximate surface area is 82.9 Å². The Hall–Kier alpha value is -1.01. The Morgan fingerprint density at radius 2 is 2.38 bits per heavy atom. The van der Waals surface area contributed by atoms with Crippen LogP contribution in [0, 0.1) is 0 Å². The van der Waals surface area contributed by atoms with Crippen LogP contribution in [0.3, 0.4) is 0 Å². The lowest BCUT2D eigenvalue weighted by Gasteiger charge is -1.97. The molecule has 0 N–H and O–H groups in total. The Kier molecular flexibility index (Phi) is 2.24. The summed E-state index contributed by atoms with van der Waals surface area (Å²) in [6.45, 7) is 0.442.